The first-order valence-corrected chi connectivity index (χ1v) is 7.71. The van der Waals surface area contributed by atoms with Gasteiger partial charge in [-0.2, -0.15) is 11.8 Å². The SMILES string of the molecule is CNC(c1ccccc1)C(C)SC1CCOCC1. The van der Waals surface area contributed by atoms with Gasteiger partial charge in [-0.3, -0.25) is 0 Å². The van der Waals surface area contributed by atoms with Crippen LogP contribution in [0.5, 0.6) is 0 Å². The highest BCUT2D eigenvalue weighted by molar-refractivity contribution is 8.00. The quantitative estimate of drug-likeness (QED) is 0.883. The number of rotatable bonds is 5. The second-order valence-corrected chi connectivity index (χ2v) is 6.51. The lowest BCUT2D eigenvalue weighted by molar-refractivity contribution is 0.0999. The monoisotopic (exact) mass is 265 g/mol. The number of thioether (sulfide) groups is 1. The first-order valence-electron chi connectivity index (χ1n) is 6.76. The van der Waals surface area contributed by atoms with E-state index in [1.54, 1.807) is 0 Å². The summed E-state index contributed by atoms with van der Waals surface area (Å²) in [6, 6.07) is 11.2. The molecule has 2 nitrogen and oxygen atoms in total. The van der Waals surface area contributed by atoms with Crippen molar-refractivity contribution < 1.29 is 4.74 Å². The molecular formula is C15H23NOS. The molecule has 1 saturated heterocycles. The molecule has 0 aromatic heterocycles. The zero-order valence-corrected chi connectivity index (χ0v) is 12.1. The number of ether oxygens (including phenoxy) is 1. The van der Waals surface area contributed by atoms with Crippen molar-refractivity contribution in [3.05, 3.63) is 35.9 Å². The van der Waals surface area contributed by atoms with E-state index in [4.69, 9.17) is 4.74 Å². The van der Waals surface area contributed by atoms with Gasteiger partial charge >= 0.3 is 0 Å². The standard InChI is InChI=1S/C15H23NOS/c1-12(18-14-8-10-17-11-9-14)15(16-2)13-6-4-3-5-7-13/h3-7,12,14-16H,8-11H2,1-2H3. The van der Waals surface area contributed by atoms with Gasteiger partial charge in [0.05, 0.1) is 0 Å². The highest BCUT2D eigenvalue weighted by Crippen LogP contribution is 2.32. The number of benzene rings is 1. The number of hydrogen-bond donors (Lipinski definition) is 1. The lowest BCUT2D eigenvalue weighted by Crippen LogP contribution is -2.28. The van der Waals surface area contributed by atoms with E-state index in [9.17, 15) is 0 Å². The van der Waals surface area contributed by atoms with Crippen molar-refractivity contribution in [3.63, 3.8) is 0 Å². The summed E-state index contributed by atoms with van der Waals surface area (Å²) in [4.78, 5) is 0. The maximum Gasteiger partial charge on any atom is 0.0476 e. The van der Waals surface area contributed by atoms with Crippen molar-refractivity contribution in [2.24, 2.45) is 0 Å². The molecule has 2 unspecified atom stereocenters. The fourth-order valence-electron chi connectivity index (χ4n) is 2.53. The van der Waals surface area contributed by atoms with E-state index in [2.05, 4.69) is 61.4 Å². The van der Waals surface area contributed by atoms with Crippen molar-refractivity contribution in [1.82, 2.24) is 5.32 Å². The van der Waals surface area contributed by atoms with E-state index >= 15 is 0 Å². The van der Waals surface area contributed by atoms with E-state index in [0.717, 1.165) is 18.5 Å². The van der Waals surface area contributed by atoms with Crippen LogP contribution in [0.4, 0.5) is 0 Å². The van der Waals surface area contributed by atoms with Gasteiger partial charge in [0.2, 0.25) is 0 Å². The molecule has 0 amide bonds. The van der Waals surface area contributed by atoms with Crippen molar-refractivity contribution in [2.75, 3.05) is 20.3 Å². The van der Waals surface area contributed by atoms with Gasteiger partial charge < -0.3 is 10.1 Å². The van der Waals surface area contributed by atoms with Crippen LogP contribution in [0.3, 0.4) is 0 Å². The Hall–Kier alpha value is -0.510. The third-order valence-corrected chi connectivity index (χ3v) is 5.07. The minimum absolute atomic E-state index is 0.430. The molecule has 0 bridgehead atoms. The van der Waals surface area contributed by atoms with Crippen LogP contribution in [0, 0.1) is 0 Å². The van der Waals surface area contributed by atoms with Gasteiger partial charge in [-0.15, -0.1) is 0 Å². The Kier molecular flexibility index (Phi) is 5.54. The fraction of sp³-hybridized carbons (Fsp3) is 0.600. The second-order valence-electron chi connectivity index (χ2n) is 4.83. The van der Waals surface area contributed by atoms with Crippen LogP contribution < -0.4 is 5.32 Å². The average molecular weight is 265 g/mol. The summed E-state index contributed by atoms with van der Waals surface area (Å²) >= 11 is 2.11. The summed E-state index contributed by atoms with van der Waals surface area (Å²) in [7, 11) is 2.05. The largest absolute Gasteiger partial charge is 0.381 e. The van der Waals surface area contributed by atoms with Gasteiger partial charge in [0.15, 0.2) is 0 Å². The normalized spacial score (nSPS) is 20.6. The molecule has 0 radical (unpaired) electrons. The van der Waals surface area contributed by atoms with Crippen LogP contribution in [0.2, 0.25) is 0 Å². The van der Waals surface area contributed by atoms with Gasteiger partial charge in [-0.25, -0.2) is 0 Å². The summed E-state index contributed by atoms with van der Waals surface area (Å²) < 4.78 is 5.42. The molecule has 0 spiro atoms. The zero-order valence-electron chi connectivity index (χ0n) is 11.3. The lowest BCUT2D eigenvalue weighted by Gasteiger charge is -2.29. The Morgan fingerprint density at radius 1 is 1.22 bits per heavy atom. The zero-order chi connectivity index (χ0) is 12.8. The number of hydrogen-bond acceptors (Lipinski definition) is 3. The summed E-state index contributed by atoms with van der Waals surface area (Å²) in [5.74, 6) is 0. The highest BCUT2D eigenvalue weighted by Gasteiger charge is 2.23. The maximum absolute atomic E-state index is 5.42. The van der Waals surface area contributed by atoms with Crippen molar-refractivity contribution in [1.29, 1.82) is 0 Å². The maximum atomic E-state index is 5.42. The summed E-state index contributed by atoms with van der Waals surface area (Å²) in [5.41, 5.74) is 1.38. The topological polar surface area (TPSA) is 21.3 Å². The van der Waals surface area contributed by atoms with Crippen molar-refractivity contribution >= 4 is 11.8 Å². The van der Waals surface area contributed by atoms with E-state index < -0.39 is 0 Å². The van der Waals surface area contributed by atoms with Gasteiger partial charge in [0.25, 0.3) is 0 Å². The predicted octanol–water partition coefficient (Wildman–Crippen LogP) is 3.25. The first kappa shape index (κ1) is 13.9. The number of nitrogens with one attached hydrogen (secondary N) is 1. The third-order valence-electron chi connectivity index (χ3n) is 3.51. The Morgan fingerprint density at radius 3 is 2.50 bits per heavy atom. The molecule has 3 heteroatoms. The van der Waals surface area contributed by atoms with Gasteiger partial charge in [-0.1, -0.05) is 37.3 Å². The molecule has 1 aromatic carbocycles. The molecule has 1 heterocycles. The van der Waals surface area contributed by atoms with E-state index in [1.807, 2.05) is 0 Å². The smallest absolute Gasteiger partial charge is 0.0476 e. The van der Waals surface area contributed by atoms with Crippen molar-refractivity contribution in [2.45, 2.75) is 36.3 Å². The van der Waals surface area contributed by atoms with E-state index in [-0.39, 0.29) is 0 Å². The van der Waals surface area contributed by atoms with Crippen molar-refractivity contribution in [3.8, 4) is 0 Å². The summed E-state index contributed by atoms with van der Waals surface area (Å²) in [6.07, 6.45) is 2.39. The van der Waals surface area contributed by atoms with E-state index in [1.165, 1.54) is 18.4 Å². The van der Waals surface area contributed by atoms with Crippen LogP contribution >= 0.6 is 11.8 Å². The average Bonchev–Trinajstić information content (AvgIpc) is 2.42. The van der Waals surface area contributed by atoms with Crippen LogP contribution in [0.15, 0.2) is 30.3 Å². The Balaban J connectivity index is 1.94. The third kappa shape index (κ3) is 3.74. The molecule has 1 aliphatic heterocycles. The molecule has 1 aliphatic rings. The second kappa shape index (κ2) is 7.17. The van der Waals surface area contributed by atoms with Gasteiger partial charge in [-0.05, 0) is 25.5 Å². The molecule has 1 fully saturated rings. The minimum atomic E-state index is 0.430. The molecule has 1 N–H and O–H groups in total. The molecule has 2 atom stereocenters. The Morgan fingerprint density at radius 2 is 1.89 bits per heavy atom. The predicted molar refractivity (Wildman–Crippen MR) is 79.1 cm³/mol. The minimum Gasteiger partial charge on any atom is -0.381 e. The molecule has 0 saturated carbocycles. The molecule has 18 heavy (non-hydrogen) atoms. The summed E-state index contributed by atoms with van der Waals surface area (Å²) in [6.45, 7) is 4.19. The molecule has 1 aromatic rings. The highest BCUT2D eigenvalue weighted by atomic mass is 32.2. The lowest BCUT2D eigenvalue weighted by atomic mass is 10.0. The fourth-order valence-corrected chi connectivity index (χ4v) is 4.05. The molecule has 2 rings (SSSR count). The molecule has 0 aliphatic carbocycles. The Bertz CT molecular complexity index is 338. The Labute approximate surface area is 114 Å². The van der Waals surface area contributed by atoms with Gasteiger partial charge in [0.1, 0.15) is 0 Å². The molecular weight excluding hydrogens is 242 g/mol. The molecule has 100 valence electrons. The van der Waals surface area contributed by atoms with Crippen LogP contribution in [0.25, 0.3) is 0 Å². The first-order chi connectivity index (χ1) is 8.81. The van der Waals surface area contributed by atoms with E-state index in [0.29, 0.717) is 11.3 Å². The van der Waals surface area contributed by atoms with Gasteiger partial charge in [0, 0.05) is 29.8 Å². The van der Waals surface area contributed by atoms with Crippen LogP contribution in [0.1, 0.15) is 31.4 Å². The van der Waals surface area contributed by atoms with Crippen LogP contribution in [-0.4, -0.2) is 30.8 Å². The summed E-state index contributed by atoms with van der Waals surface area (Å²) in [5, 5.41) is 4.80. The van der Waals surface area contributed by atoms with Crippen LogP contribution in [-0.2, 0) is 4.74 Å².